The number of ether oxygens (including phenoxy) is 3. The second kappa shape index (κ2) is 16.5. The standard InChI is InChI=1S/C48H47F3N6O6/c1-2-36-39(50)15-10-30-19-34(58)20-37(41(30)36)43-42(51)44-38(22-52-43)45(54-46(53-44)62-27-48-16-5-17-56(48)23-31(49)21-48)55-24-32-11-12-33(25-55)57(32)47(60)61-26-29-8-13-35(14-9-29)63-40(59)18-28-6-3-4-7-28/h1,8-10,13-15,19-20,22,28,31-33,58H,3-7,11-12,16-18,21,23-27H2/t31-,32?,33?,48+/m1/s1. The van der Waals surface area contributed by atoms with Crippen molar-refractivity contribution in [3.63, 3.8) is 0 Å². The Morgan fingerprint density at radius 2 is 1.75 bits per heavy atom. The number of pyridine rings is 1. The molecule has 4 atom stereocenters. The maximum absolute atomic E-state index is 17.2. The lowest BCUT2D eigenvalue weighted by Gasteiger charge is -2.41. The summed E-state index contributed by atoms with van der Waals surface area (Å²) >= 11 is 0. The minimum absolute atomic E-state index is 0.0331. The van der Waals surface area contributed by atoms with Crippen molar-refractivity contribution in [2.75, 3.05) is 37.7 Å². The van der Waals surface area contributed by atoms with Gasteiger partial charge in [0.05, 0.1) is 28.6 Å². The summed E-state index contributed by atoms with van der Waals surface area (Å²) in [4.78, 5) is 45.9. The van der Waals surface area contributed by atoms with Crippen LogP contribution in [0.25, 0.3) is 32.9 Å². The van der Waals surface area contributed by atoms with Crippen molar-refractivity contribution < 1.29 is 42.1 Å². The van der Waals surface area contributed by atoms with Gasteiger partial charge in [0.25, 0.3) is 0 Å². The van der Waals surface area contributed by atoms with Gasteiger partial charge in [-0.3, -0.25) is 19.6 Å². The number of anilines is 1. The van der Waals surface area contributed by atoms with Gasteiger partial charge >= 0.3 is 18.1 Å². The molecule has 1 N–H and O–H groups in total. The van der Waals surface area contributed by atoms with E-state index in [1.54, 1.807) is 29.2 Å². The van der Waals surface area contributed by atoms with Crippen molar-refractivity contribution in [1.82, 2.24) is 24.8 Å². The molecule has 4 saturated heterocycles. The van der Waals surface area contributed by atoms with E-state index in [1.807, 2.05) is 4.90 Å². The lowest BCUT2D eigenvalue weighted by Crippen LogP contribution is -2.56. The van der Waals surface area contributed by atoms with Crippen molar-refractivity contribution in [3.05, 3.63) is 77.5 Å². The highest BCUT2D eigenvalue weighted by Crippen LogP contribution is 2.43. The van der Waals surface area contributed by atoms with Gasteiger partial charge in [-0.05, 0) is 92.3 Å². The van der Waals surface area contributed by atoms with Crippen molar-refractivity contribution in [2.24, 2.45) is 5.92 Å². The molecule has 1 saturated carbocycles. The van der Waals surface area contributed by atoms with Gasteiger partial charge in [-0.25, -0.2) is 18.0 Å². The van der Waals surface area contributed by atoms with E-state index in [-0.39, 0.29) is 76.1 Å². The van der Waals surface area contributed by atoms with Crippen molar-refractivity contribution in [1.29, 1.82) is 0 Å². The topological polar surface area (TPSA) is 130 Å². The van der Waals surface area contributed by atoms with Crippen LogP contribution in [0.3, 0.4) is 0 Å². The van der Waals surface area contributed by atoms with Gasteiger partial charge in [-0.1, -0.05) is 37.0 Å². The number of hydrogen-bond acceptors (Lipinski definition) is 11. The molecule has 5 aliphatic rings. The van der Waals surface area contributed by atoms with Crippen LogP contribution in [0, 0.1) is 29.9 Å². The van der Waals surface area contributed by atoms with Gasteiger partial charge < -0.3 is 24.2 Å². The van der Waals surface area contributed by atoms with E-state index in [0.717, 1.165) is 50.6 Å². The number of halogens is 3. The Balaban J connectivity index is 0.914. The van der Waals surface area contributed by atoms with Crippen LogP contribution >= 0.6 is 0 Å². The van der Waals surface area contributed by atoms with Gasteiger partial charge in [0, 0.05) is 49.6 Å². The van der Waals surface area contributed by atoms with E-state index < -0.39 is 29.4 Å². The Kier molecular flexibility index (Phi) is 10.7. The summed E-state index contributed by atoms with van der Waals surface area (Å²) in [6, 6.07) is 11.7. The number of fused-ring (bicyclic) bond motifs is 5. The summed E-state index contributed by atoms with van der Waals surface area (Å²) in [5.74, 6) is 1.60. The Morgan fingerprint density at radius 1 is 0.968 bits per heavy atom. The van der Waals surface area contributed by atoms with Gasteiger partial charge in [-0.2, -0.15) is 9.97 Å². The highest BCUT2D eigenvalue weighted by atomic mass is 19.1. The zero-order valence-corrected chi connectivity index (χ0v) is 34.7. The number of carbonyl (C=O) groups is 2. The van der Waals surface area contributed by atoms with Crippen LogP contribution in [-0.4, -0.2) is 98.5 Å². The number of carbonyl (C=O) groups excluding carboxylic acids is 2. The zero-order chi connectivity index (χ0) is 43.4. The Bertz CT molecular complexity index is 2640. The van der Waals surface area contributed by atoms with E-state index in [1.165, 1.54) is 30.5 Å². The summed E-state index contributed by atoms with van der Waals surface area (Å²) in [5.41, 5.74) is -0.117. The molecule has 1 amide bonds. The van der Waals surface area contributed by atoms with E-state index >= 15 is 8.78 Å². The number of amides is 1. The number of phenolic OH excluding ortho intramolecular Hbond substituents is 1. The Hall–Kier alpha value is -6.14. The summed E-state index contributed by atoms with van der Waals surface area (Å²) in [7, 11) is 0. The molecule has 2 aromatic heterocycles. The third kappa shape index (κ3) is 7.72. The number of terminal acetylenes is 1. The van der Waals surface area contributed by atoms with Crippen molar-refractivity contribution >= 4 is 39.6 Å². The average molecular weight is 861 g/mol. The maximum atomic E-state index is 17.2. The monoisotopic (exact) mass is 860 g/mol. The second-order valence-corrected chi connectivity index (χ2v) is 17.8. The van der Waals surface area contributed by atoms with Crippen molar-refractivity contribution in [2.45, 2.75) is 94.6 Å². The number of aromatic nitrogens is 3. The second-order valence-electron chi connectivity index (χ2n) is 17.8. The molecular formula is C48H47F3N6O6. The molecule has 2 bridgehead atoms. The fourth-order valence-corrected chi connectivity index (χ4v) is 10.8. The Morgan fingerprint density at radius 3 is 2.51 bits per heavy atom. The van der Waals surface area contributed by atoms with E-state index in [4.69, 9.17) is 25.6 Å². The lowest BCUT2D eigenvalue weighted by molar-refractivity contribution is -0.135. The first-order valence-electron chi connectivity index (χ1n) is 21.9. The SMILES string of the molecule is C#Cc1c(F)ccc2cc(O)cc(-c3ncc4c(N5CC6CCC(C5)N6C(=O)OCc5ccc(OC(=O)CC6CCCC6)cc5)nc(OC[C@@]56CCCN5C[C@H](F)C6)nc4c3F)c12. The maximum Gasteiger partial charge on any atom is 0.410 e. The molecule has 5 aromatic rings. The van der Waals surface area contributed by atoms with Crippen LogP contribution in [0.4, 0.5) is 23.8 Å². The van der Waals surface area contributed by atoms with E-state index in [0.29, 0.717) is 68.2 Å². The fourth-order valence-electron chi connectivity index (χ4n) is 10.8. The molecule has 4 aliphatic heterocycles. The lowest BCUT2D eigenvalue weighted by atomic mass is 9.95. The first kappa shape index (κ1) is 40.9. The number of hydrogen-bond donors (Lipinski definition) is 1. The first-order valence-corrected chi connectivity index (χ1v) is 21.9. The zero-order valence-electron chi connectivity index (χ0n) is 34.7. The number of nitrogens with zero attached hydrogens (tertiary/aromatic N) is 6. The fraction of sp³-hybridized carbons (Fsp3) is 0.438. The summed E-state index contributed by atoms with van der Waals surface area (Å²) in [6.07, 6.45) is 14.0. The molecule has 10 rings (SSSR count). The van der Waals surface area contributed by atoms with Crippen LogP contribution in [0.2, 0.25) is 0 Å². The molecule has 3 aromatic carbocycles. The molecule has 0 spiro atoms. The van der Waals surface area contributed by atoms with Crippen LogP contribution < -0.4 is 14.4 Å². The molecule has 1 aliphatic carbocycles. The van der Waals surface area contributed by atoms with Gasteiger partial charge in [0.15, 0.2) is 5.82 Å². The number of benzene rings is 3. The molecule has 5 fully saturated rings. The van der Waals surface area contributed by atoms with Gasteiger partial charge in [-0.15, -0.1) is 6.42 Å². The highest BCUT2D eigenvalue weighted by molar-refractivity contribution is 6.03. The molecule has 15 heteroatoms. The Labute approximate surface area is 362 Å². The van der Waals surface area contributed by atoms with Gasteiger partial charge in [0.1, 0.15) is 53.7 Å². The molecule has 63 heavy (non-hydrogen) atoms. The first-order chi connectivity index (χ1) is 30.6. The number of aromatic hydroxyl groups is 1. The number of alkyl halides is 1. The molecule has 12 nitrogen and oxygen atoms in total. The average Bonchev–Trinajstić information content (AvgIpc) is 4.05. The number of phenols is 1. The molecule has 0 radical (unpaired) electrons. The van der Waals surface area contributed by atoms with Crippen LogP contribution in [-0.2, 0) is 16.1 Å². The predicted octanol–water partition coefficient (Wildman–Crippen LogP) is 8.24. The summed E-state index contributed by atoms with van der Waals surface area (Å²) < 4.78 is 64.6. The minimum atomic E-state index is -0.982. The molecular weight excluding hydrogens is 814 g/mol. The van der Waals surface area contributed by atoms with E-state index in [2.05, 4.69) is 20.8 Å². The number of piperazine rings is 1. The minimum Gasteiger partial charge on any atom is -0.508 e. The third-order valence-electron chi connectivity index (χ3n) is 13.8. The number of rotatable bonds is 10. The number of esters is 1. The summed E-state index contributed by atoms with van der Waals surface area (Å²) in [6.45, 7) is 1.93. The van der Waals surface area contributed by atoms with Crippen LogP contribution in [0.5, 0.6) is 17.5 Å². The third-order valence-corrected chi connectivity index (χ3v) is 13.8. The van der Waals surface area contributed by atoms with Crippen LogP contribution in [0.15, 0.2) is 54.7 Å². The smallest absolute Gasteiger partial charge is 0.410 e. The van der Waals surface area contributed by atoms with E-state index in [9.17, 15) is 19.1 Å². The van der Waals surface area contributed by atoms with Crippen molar-refractivity contribution in [3.8, 4) is 41.1 Å². The quantitative estimate of drug-likeness (QED) is 0.0828. The highest BCUT2D eigenvalue weighted by Gasteiger charge is 2.50. The largest absolute Gasteiger partial charge is 0.508 e. The normalized spacial score (nSPS) is 23.4. The molecule has 326 valence electrons. The summed E-state index contributed by atoms with van der Waals surface area (Å²) in [5, 5.41) is 11.6. The van der Waals surface area contributed by atoms with Gasteiger partial charge in [0.2, 0.25) is 0 Å². The predicted molar refractivity (Wildman–Crippen MR) is 228 cm³/mol. The van der Waals surface area contributed by atoms with Crippen LogP contribution in [0.1, 0.15) is 75.3 Å². The molecule has 6 heterocycles. The molecule has 2 unspecified atom stereocenters.